The van der Waals surface area contributed by atoms with E-state index in [4.69, 9.17) is 5.90 Å². The molecule has 0 unspecified atom stereocenters. The molecule has 0 heterocycles. The second kappa shape index (κ2) is 4.89. The van der Waals surface area contributed by atoms with Crippen molar-refractivity contribution in [2.45, 2.75) is 12.8 Å². The lowest BCUT2D eigenvalue weighted by Crippen LogP contribution is -2.03. The maximum absolute atomic E-state index is 12.1. The second-order valence-electron chi connectivity index (χ2n) is 2.66. The lowest BCUT2D eigenvalue weighted by molar-refractivity contribution is 0.141. The number of benzene rings is 1. The van der Waals surface area contributed by atoms with Crippen molar-refractivity contribution >= 4 is 0 Å². The summed E-state index contributed by atoms with van der Waals surface area (Å²) < 4.78 is 24.2. The van der Waals surface area contributed by atoms with Gasteiger partial charge in [0.15, 0.2) is 0 Å². The molecule has 2 N–H and O–H groups in total. The molecule has 4 heteroatoms. The number of hydrogen-bond acceptors (Lipinski definition) is 2. The van der Waals surface area contributed by atoms with Gasteiger partial charge in [0.1, 0.15) is 0 Å². The van der Waals surface area contributed by atoms with Gasteiger partial charge in [0.05, 0.1) is 6.61 Å². The van der Waals surface area contributed by atoms with Crippen LogP contribution in [0.2, 0.25) is 0 Å². The molecule has 13 heavy (non-hydrogen) atoms. The summed E-state index contributed by atoms with van der Waals surface area (Å²) in [5, 5.41) is 0. The first kappa shape index (κ1) is 10.1. The van der Waals surface area contributed by atoms with Gasteiger partial charge in [-0.3, -0.25) is 0 Å². The van der Waals surface area contributed by atoms with Crippen molar-refractivity contribution in [1.82, 2.24) is 0 Å². The highest BCUT2D eigenvalue weighted by atomic mass is 19.3. The summed E-state index contributed by atoms with van der Waals surface area (Å²) in [7, 11) is 0. The van der Waals surface area contributed by atoms with Gasteiger partial charge in [-0.15, -0.1) is 0 Å². The molecule has 1 aromatic carbocycles. The lowest BCUT2D eigenvalue weighted by Gasteiger charge is -2.02. The molecule has 0 saturated carbocycles. The van der Waals surface area contributed by atoms with Gasteiger partial charge in [0.25, 0.3) is 6.43 Å². The van der Waals surface area contributed by atoms with Gasteiger partial charge in [0, 0.05) is 5.56 Å². The Kier molecular flexibility index (Phi) is 3.79. The molecule has 0 amide bonds. The second-order valence-corrected chi connectivity index (χ2v) is 2.66. The Hall–Kier alpha value is -1.00. The molecular weight excluding hydrogens is 176 g/mol. The van der Waals surface area contributed by atoms with Crippen molar-refractivity contribution < 1.29 is 13.6 Å². The number of nitrogens with two attached hydrogens (primary N) is 1. The first-order valence-electron chi connectivity index (χ1n) is 3.92. The number of halogens is 2. The Labute approximate surface area is 75.3 Å². The molecule has 0 aliphatic carbocycles. The van der Waals surface area contributed by atoms with E-state index >= 15 is 0 Å². The van der Waals surface area contributed by atoms with Crippen LogP contribution in [0.3, 0.4) is 0 Å². The first-order valence-corrected chi connectivity index (χ1v) is 3.92. The highest BCUT2D eigenvalue weighted by Gasteiger charge is 2.05. The Morgan fingerprint density at radius 3 is 2.31 bits per heavy atom. The molecular formula is C9H11F2NO. The average molecular weight is 187 g/mol. The van der Waals surface area contributed by atoms with E-state index < -0.39 is 6.43 Å². The molecule has 0 bridgehead atoms. The van der Waals surface area contributed by atoms with Crippen LogP contribution < -0.4 is 5.90 Å². The van der Waals surface area contributed by atoms with E-state index in [0.717, 1.165) is 5.56 Å². The summed E-state index contributed by atoms with van der Waals surface area (Å²) >= 11 is 0. The Balaban J connectivity index is 2.59. The molecule has 1 rings (SSSR count). The zero-order chi connectivity index (χ0) is 9.68. The van der Waals surface area contributed by atoms with Gasteiger partial charge in [-0.1, -0.05) is 24.3 Å². The van der Waals surface area contributed by atoms with Gasteiger partial charge in [-0.05, 0) is 12.0 Å². The Morgan fingerprint density at radius 1 is 1.23 bits per heavy atom. The Bertz CT molecular complexity index is 248. The highest BCUT2D eigenvalue weighted by molar-refractivity contribution is 5.23. The number of rotatable bonds is 4. The van der Waals surface area contributed by atoms with Crippen molar-refractivity contribution in [3.8, 4) is 0 Å². The summed E-state index contributed by atoms with van der Waals surface area (Å²) in [4.78, 5) is 4.38. The van der Waals surface area contributed by atoms with Crippen molar-refractivity contribution in [2.24, 2.45) is 5.90 Å². The molecule has 0 aliphatic heterocycles. The van der Waals surface area contributed by atoms with E-state index in [1.165, 1.54) is 12.1 Å². The largest absolute Gasteiger partial charge is 0.304 e. The molecule has 0 fully saturated rings. The zero-order valence-electron chi connectivity index (χ0n) is 7.04. The van der Waals surface area contributed by atoms with E-state index in [2.05, 4.69) is 4.84 Å². The molecule has 0 saturated heterocycles. The minimum atomic E-state index is -2.40. The summed E-state index contributed by atoms with van der Waals surface area (Å²) in [5.41, 5.74) is 0.979. The van der Waals surface area contributed by atoms with Gasteiger partial charge >= 0.3 is 0 Å². The van der Waals surface area contributed by atoms with Crippen LogP contribution in [0.4, 0.5) is 8.78 Å². The highest BCUT2D eigenvalue weighted by Crippen LogP contribution is 2.18. The standard InChI is InChI=1S/C9H11F2NO/c10-9(11)8-3-1-7(2-4-8)5-6-13-12/h1-4,9H,5-6,12H2. The zero-order valence-corrected chi connectivity index (χ0v) is 7.04. The van der Waals surface area contributed by atoms with E-state index in [1.807, 2.05) is 0 Å². The molecule has 2 nitrogen and oxygen atoms in total. The van der Waals surface area contributed by atoms with Crippen LogP contribution in [0.15, 0.2) is 24.3 Å². The topological polar surface area (TPSA) is 35.2 Å². The fourth-order valence-electron chi connectivity index (χ4n) is 1.01. The molecule has 0 aromatic heterocycles. The fraction of sp³-hybridized carbons (Fsp3) is 0.333. The molecule has 0 spiro atoms. The van der Waals surface area contributed by atoms with Crippen molar-refractivity contribution in [1.29, 1.82) is 0 Å². The predicted molar refractivity (Wildman–Crippen MR) is 45.2 cm³/mol. The summed E-state index contributed by atoms with van der Waals surface area (Å²) in [6, 6.07) is 6.13. The fourth-order valence-corrected chi connectivity index (χ4v) is 1.01. The molecule has 1 aromatic rings. The normalized spacial score (nSPS) is 10.8. The van der Waals surface area contributed by atoms with E-state index in [-0.39, 0.29) is 5.56 Å². The van der Waals surface area contributed by atoms with E-state index in [9.17, 15) is 8.78 Å². The van der Waals surface area contributed by atoms with Crippen LogP contribution in [0.25, 0.3) is 0 Å². The average Bonchev–Trinajstić information content (AvgIpc) is 2.15. The minimum absolute atomic E-state index is 0.0393. The smallest absolute Gasteiger partial charge is 0.263 e. The first-order chi connectivity index (χ1) is 6.24. The van der Waals surface area contributed by atoms with Crippen LogP contribution >= 0.6 is 0 Å². The summed E-state index contributed by atoms with van der Waals surface area (Å²) in [6.45, 7) is 0.397. The van der Waals surface area contributed by atoms with Crippen LogP contribution in [-0.2, 0) is 11.3 Å². The molecule has 0 atom stereocenters. The predicted octanol–water partition coefficient (Wildman–Crippen LogP) is 2.06. The van der Waals surface area contributed by atoms with Crippen molar-refractivity contribution in [3.05, 3.63) is 35.4 Å². The van der Waals surface area contributed by atoms with Gasteiger partial charge in [0.2, 0.25) is 0 Å². The monoisotopic (exact) mass is 187 g/mol. The van der Waals surface area contributed by atoms with Crippen LogP contribution in [0, 0.1) is 0 Å². The van der Waals surface area contributed by atoms with E-state index in [1.54, 1.807) is 12.1 Å². The quantitative estimate of drug-likeness (QED) is 0.732. The third-order valence-electron chi connectivity index (χ3n) is 1.74. The molecule has 72 valence electrons. The summed E-state index contributed by atoms with van der Waals surface area (Å²) in [5.74, 6) is 4.83. The molecule has 0 aliphatic rings. The third-order valence-corrected chi connectivity index (χ3v) is 1.74. The number of hydrogen-bond donors (Lipinski definition) is 1. The number of alkyl halides is 2. The maximum Gasteiger partial charge on any atom is 0.263 e. The third kappa shape index (κ3) is 3.08. The van der Waals surface area contributed by atoms with Crippen LogP contribution in [-0.4, -0.2) is 6.61 Å². The Morgan fingerprint density at radius 2 is 1.85 bits per heavy atom. The maximum atomic E-state index is 12.1. The van der Waals surface area contributed by atoms with Crippen molar-refractivity contribution in [3.63, 3.8) is 0 Å². The van der Waals surface area contributed by atoms with Crippen LogP contribution in [0.1, 0.15) is 17.6 Å². The lowest BCUT2D eigenvalue weighted by atomic mass is 10.1. The summed E-state index contributed by atoms with van der Waals surface area (Å²) in [6.07, 6.45) is -1.76. The van der Waals surface area contributed by atoms with Gasteiger partial charge in [-0.25, -0.2) is 14.7 Å². The van der Waals surface area contributed by atoms with Gasteiger partial charge < -0.3 is 4.84 Å². The van der Waals surface area contributed by atoms with Crippen LogP contribution in [0.5, 0.6) is 0 Å². The minimum Gasteiger partial charge on any atom is -0.304 e. The van der Waals surface area contributed by atoms with E-state index in [0.29, 0.717) is 13.0 Å². The van der Waals surface area contributed by atoms with Gasteiger partial charge in [-0.2, -0.15) is 0 Å². The molecule has 0 radical (unpaired) electrons. The van der Waals surface area contributed by atoms with Crippen molar-refractivity contribution in [2.75, 3.05) is 6.61 Å². The SMILES string of the molecule is NOCCc1ccc(C(F)F)cc1.